The fraction of sp³-hybridized carbons (Fsp3) is 0.750. The molecular weight excluding hydrogens is 142 g/mol. The van der Waals surface area contributed by atoms with Crippen molar-refractivity contribution in [2.75, 3.05) is 0 Å². The third-order valence-corrected chi connectivity index (χ3v) is 0.773. The van der Waals surface area contributed by atoms with Crippen LogP contribution in [0.4, 0.5) is 4.79 Å². The predicted octanol–water partition coefficient (Wildman–Crippen LogP) is 2.40. The summed E-state index contributed by atoms with van der Waals surface area (Å²) in [7, 11) is 0. The van der Waals surface area contributed by atoms with E-state index < -0.39 is 11.7 Å². The lowest BCUT2D eigenvalue weighted by Gasteiger charge is -2.16. The molecule has 0 rings (SSSR count). The third kappa shape index (κ3) is 7.03. The van der Waals surface area contributed by atoms with Gasteiger partial charge in [0.2, 0.25) is 0 Å². The van der Waals surface area contributed by atoms with Crippen LogP contribution >= 0.6 is 0 Å². The molecule has 0 bridgehead atoms. The Labute approximate surface area is 67.5 Å². The molecule has 0 aliphatic rings. The minimum atomic E-state index is -0.514. The second-order valence-electron chi connectivity index (χ2n) is 3.20. The Bertz CT molecular complexity index is 156. The topological polar surface area (TPSA) is 38.7 Å². The lowest BCUT2D eigenvalue weighted by molar-refractivity contribution is 0.0605. The number of amides is 1. The summed E-state index contributed by atoms with van der Waals surface area (Å²) in [6, 6.07) is 0. The van der Waals surface area contributed by atoms with Gasteiger partial charge in [0.05, 0.1) is 0 Å². The van der Waals surface area contributed by atoms with Gasteiger partial charge < -0.3 is 4.74 Å². The average Bonchev–Trinajstić information content (AvgIpc) is 1.79. The van der Waals surface area contributed by atoms with Crippen LogP contribution in [0.1, 0.15) is 34.1 Å². The average molecular weight is 157 g/mol. The summed E-state index contributed by atoms with van der Waals surface area (Å²) in [6.07, 6.45) is 1.77. The molecule has 0 unspecified atom stereocenters. The van der Waals surface area contributed by atoms with E-state index in [9.17, 15) is 4.79 Å². The van der Waals surface area contributed by atoms with Gasteiger partial charge in [-0.05, 0) is 27.2 Å². The van der Waals surface area contributed by atoms with E-state index in [1.54, 1.807) is 0 Å². The molecule has 0 aliphatic heterocycles. The Hall–Kier alpha value is -0.860. The second kappa shape index (κ2) is 4.11. The first-order valence-corrected chi connectivity index (χ1v) is 3.71. The van der Waals surface area contributed by atoms with Gasteiger partial charge in [-0.25, -0.2) is 4.79 Å². The zero-order valence-electron chi connectivity index (χ0n) is 7.55. The largest absolute Gasteiger partial charge is 0.442 e. The van der Waals surface area contributed by atoms with Crippen molar-refractivity contribution < 1.29 is 9.53 Å². The fourth-order valence-electron chi connectivity index (χ4n) is 0.454. The van der Waals surface area contributed by atoms with Gasteiger partial charge in [0.1, 0.15) is 5.60 Å². The quantitative estimate of drug-likeness (QED) is 0.548. The molecule has 0 aliphatic carbocycles. The van der Waals surface area contributed by atoms with Crippen molar-refractivity contribution in [3.63, 3.8) is 0 Å². The van der Waals surface area contributed by atoms with Crippen LogP contribution in [0.2, 0.25) is 0 Å². The zero-order valence-corrected chi connectivity index (χ0v) is 7.55. The summed E-state index contributed by atoms with van der Waals surface area (Å²) in [5.74, 6) is 0. The Morgan fingerprint density at radius 3 is 2.45 bits per heavy atom. The second-order valence-corrected chi connectivity index (χ2v) is 3.20. The maximum Gasteiger partial charge on any atom is 0.433 e. The number of aliphatic imine (C=N–C) groups is 1. The number of nitrogens with zero attached hydrogens (tertiary/aromatic N) is 1. The van der Waals surface area contributed by atoms with Gasteiger partial charge >= 0.3 is 6.09 Å². The Kier molecular flexibility index (Phi) is 3.79. The Balaban J connectivity index is 3.80. The van der Waals surface area contributed by atoms with Crippen molar-refractivity contribution in [3.05, 3.63) is 0 Å². The van der Waals surface area contributed by atoms with Crippen molar-refractivity contribution in [2.24, 2.45) is 4.99 Å². The highest BCUT2D eigenvalue weighted by Crippen LogP contribution is 2.07. The summed E-state index contributed by atoms with van der Waals surface area (Å²) >= 11 is 0. The molecule has 0 saturated heterocycles. The molecule has 0 aromatic rings. The highest BCUT2D eigenvalue weighted by Gasteiger charge is 2.14. The van der Waals surface area contributed by atoms with Crippen LogP contribution < -0.4 is 0 Å². The maximum absolute atomic E-state index is 10.8. The van der Waals surface area contributed by atoms with Gasteiger partial charge in [-0.1, -0.05) is 6.92 Å². The predicted molar refractivity (Wildman–Crippen MR) is 45.0 cm³/mol. The molecule has 0 atom stereocenters. The van der Waals surface area contributed by atoms with E-state index in [1.807, 2.05) is 27.7 Å². The number of ether oxygens (including phenoxy) is 1. The van der Waals surface area contributed by atoms with Crippen molar-refractivity contribution in [1.29, 1.82) is 0 Å². The summed E-state index contributed by atoms with van der Waals surface area (Å²) < 4.78 is 4.90. The van der Waals surface area contributed by atoms with Crippen LogP contribution in [0, 0.1) is 0 Å². The lowest BCUT2D eigenvalue weighted by Crippen LogP contribution is -2.21. The van der Waals surface area contributed by atoms with Gasteiger partial charge in [-0.15, -0.1) is 0 Å². The molecule has 11 heavy (non-hydrogen) atoms. The van der Waals surface area contributed by atoms with Gasteiger partial charge in [0.15, 0.2) is 0 Å². The molecule has 0 radical (unpaired) electrons. The summed E-state index contributed by atoms with van der Waals surface area (Å²) in [4.78, 5) is 14.3. The summed E-state index contributed by atoms with van der Waals surface area (Å²) in [6.45, 7) is 7.35. The first-order chi connectivity index (χ1) is 4.95. The van der Waals surface area contributed by atoms with E-state index in [0.717, 1.165) is 6.42 Å². The van der Waals surface area contributed by atoms with E-state index in [1.165, 1.54) is 6.21 Å². The SMILES string of the molecule is CCC=NC(=O)OC(C)(C)C. The Morgan fingerprint density at radius 1 is 1.55 bits per heavy atom. The van der Waals surface area contributed by atoms with Crippen LogP contribution in [-0.2, 0) is 4.74 Å². The fourth-order valence-corrected chi connectivity index (χ4v) is 0.454. The van der Waals surface area contributed by atoms with Gasteiger partial charge in [0, 0.05) is 6.21 Å². The number of carbonyl (C=O) groups excluding carboxylic acids is 1. The molecule has 0 heterocycles. The molecule has 3 nitrogen and oxygen atoms in total. The van der Waals surface area contributed by atoms with E-state index >= 15 is 0 Å². The summed E-state index contributed by atoms with van der Waals surface area (Å²) in [5.41, 5.74) is -0.442. The molecule has 64 valence electrons. The van der Waals surface area contributed by atoms with Crippen molar-refractivity contribution in [2.45, 2.75) is 39.7 Å². The number of hydrogen-bond donors (Lipinski definition) is 0. The molecule has 1 amide bonds. The maximum atomic E-state index is 10.8. The minimum absolute atomic E-state index is 0.442. The number of hydrogen-bond acceptors (Lipinski definition) is 2. The van der Waals surface area contributed by atoms with Crippen LogP contribution in [0.25, 0.3) is 0 Å². The third-order valence-electron chi connectivity index (χ3n) is 0.773. The van der Waals surface area contributed by atoms with Crippen LogP contribution in [-0.4, -0.2) is 17.9 Å². The van der Waals surface area contributed by atoms with E-state index in [-0.39, 0.29) is 0 Å². The summed E-state index contributed by atoms with van der Waals surface area (Å²) in [5, 5.41) is 0. The van der Waals surface area contributed by atoms with Gasteiger partial charge in [0.25, 0.3) is 0 Å². The first kappa shape index (κ1) is 10.1. The van der Waals surface area contributed by atoms with Crippen molar-refractivity contribution in [3.8, 4) is 0 Å². The van der Waals surface area contributed by atoms with Crippen LogP contribution in [0.15, 0.2) is 4.99 Å². The number of rotatable bonds is 1. The van der Waals surface area contributed by atoms with Crippen LogP contribution in [0.5, 0.6) is 0 Å². The highest BCUT2D eigenvalue weighted by atomic mass is 16.6. The monoisotopic (exact) mass is 157 g/mol. The molecule has 0 aromatic carbocycles. The smallest absolute Gasteiger partial charge is 0.433 e. The molecule has 0 aromatic heterocycles. The molecule has 0 fully saturated rings. The molecule has 0 saturated carbocycles. The molecule has 0 spiro atoms. The van der Waals surface area contributed by atoms with E-state index in [2.05, 4.69) is 4.99 Å². The van der Waals surface area contributed by atoms with Gasteiger partial charge in [-0.2, -0.15) is 4.99 Å². The lowest BCUT2D eigenvalue weighted by atomic mass is 10.2. The number of carbonyl (C=O) groups is 1. The van der Waals surface area contributed by atoms with Crippen molar-refractivity contribution >= 4 is 12.3 Å². The standard InChI is InChI=1S/C8H15NO2/c1-5-6-9-7(10)11-8(2,3)4/h6H,5H2,1-4H3. The molecule has 0 N–H and O–H groups in total. The zero-order chi connectivity index (χ0) is 8.91. The highest BCUT2D eigenvalue weighted by molar-refractivity contribution is 5.79. The molecule has 3 heteroatoms. The first-order valence-electron chi connectivity index (χ1n) is 3.71. The minimum Gasteiger partial charge on any atom is -0.442 e. The molecular formula is C8H15NO2. The Morgan fingerprint density at radius 2 is 2.09 bits per heavy atom. The van der Waals surface area contributed by atoms with Crippen molar-refractivity contribution in [1.82, 2.24) is 0 Å². The normalized spacial score (nSPS) is 12.0. The van der Waals surface area contributed by atoms with Crippen LogP contribution in [0.3, 0.4) is 0 Å². The van der Waals surface area contributed by atoms with E-state index in [0.29, 0.717) is 0 Å². The van der Waals surface area contributed by atoms with Gasteiger partial charge in [-0.3, -0.25) is 0 Å². The van der Waals surface area contributed by atoms with E-state index in [4.69, 9.17) is 4.74 Å².